The molecule has 0 aliphatic rings. The third-order valence-corrected chi connectivity index (χ3v) is 5.44. The number of amides is 1. The number of rotatable bonds is 9. The van der Waals surface area contributed by atoms with Gasteiger partial charge in [-0.3, -0.25) is 4.79 Å². The summed E-state index contributed by atoms with van der Waals surface area (Å²) in [6.45, 7) is 4.66. The number of nitrogens with one attached hydrogen (secondary N) is 1. The van der Waals surface area contributed by atoms with E-state index in [9.17, 15) is 4.79 Å². The van der Waals surface area contributed by atoms with Crippen molar-refractivity contribution in [3.63, 3.8) is 0 Å². The third-order valence-electron chi connectivity index (χ3n) is 4.43. The minimum atomic E-state index is -0.110. The van der Waals surface area contributed by atoms with Gasteiger partial charge in [0.15, 0.2) is 0 Å². The fourth-order valence-electron chi connectivity index (χ4n) is 2.66. The summed E-state index contributed by atoms with van der Waals surface area (Å²) in [6.07, 6.45) is 1.63. The summed E-state index contributed by atoms with van der Waals surface area (Å²) in [5.41, 5.74) is 8.29. The standard InChI is InChI=1S/C25H26N2O2S/c1-19-3-7-22(8-4-19)16-29-24-13-11-21(12-14-24)15-26-27-25(28)18-30-17-23-9-5-20(2)6-10-23/h3-15H,16-18H2,1-2H3,(H,27,28)/b26-15+. The number of aryl methyl sites for hydroxylation is 2. The quantitative estimate of drug-likeness (QED) is 0.381. The van der Waals surface area contributed by atoms with Gasteiger partial charge < -0.3 is 4.74 Å². The van der Waals surface area contributed by atoms with Gasteiger partial charge in [0.1, 0.15) is 12.4 Å². The zero-order valence-corrected chi connectivity index (χ0v) is 18.1. The highest BCUT2D eigenvalue weighted by molar-refractivity contribution is 7.99. The van der Waals surface area contributed by atoms with Gasteiger partial charge in [-0.1, -0.05) is 59.7 Å². The van der Waals surface area contributed by atoms with E-state index in [1.54, 1.807) is 18.0 Å². The molecule has 0 unspecified atom stereocenters. The van der Waals surface area contributed by atoms with E-state index in [1.807, 2.05) is 24.3 Å². The molecule has 1 amide bonds. The average Bonchev–Trinajstić information content (AvgIpc) is 2.76. The van der Waals surface area contributed by atoms with Crippen LogP contribution in [0.25, 0.3) is 0 Å². The van der Waals surface area contributed by atoms with Gasteiger partial charge in [-0.05, 0) is 54.8 Å². The maximum Gasteiger partial charge on any atom is 0.250 e. The van der Waals surface area contributed by atoms with E-state index in [2.05, 4.69) is 72.9 Å². The molecule has 0 spiro atoms. The highest BCUT2D eigenvalue weighted by Gasteiger charge is 2.01. The Bertz CT molecular complexity index is 966. The Morgan fingerprint density at radius 2 is 1.50 bits per heavy atom. The second-order valence-electron chi connectivity index (χ2n) is 7.11. The first-order chi connectivity index (χ1) is 14.6. The van der Waals surface area contributed by atoms with Crippen LogP contribution in [0.1, 0.15) is 27.8 Å². The van der Waals surface area contributed by atoms with E-state index in [0.29, 0.717) is 12.4 Å². The zero-order chi connectivity index (χ0) is 21.2. The molecule has 0 saturated carbocycles. The van der Waals surface area contributed by atoms with Gasteiger partial charge in [0.05, 0.1) is 12.0 Å². The van der Waals surface area contributed by atoms with Crippen molar-refractivity contribution in [2.24, 2.45) is 5.10 Å². The first kappa shape index (κ1) is 21.7. The van der Waals surface area contributed by atoms with Crippen molar-refractivity contribution in [2.75, 3.05) is 5.75 Å². The second kappa shape index (κ2) is 11.2. The largest absolute Gasteiger partial charge is 0.489 e. The highest BCUT2D eigenvalue weighted by atomic mass is 32.2. The molecule has 0 aromatic heterocycles. The minimum Gasteiger partial charge on any atom is -0.489 e. The SMILES string of the molecule is Cc1ccc(COc2ccc(/C=N/NC(=O)CSCc3ccc(C)cc3)cc2)cc1. The first-order valence-electron chi connectivity index (χ1n) is 9.82. The molecule has 0 bridgehead atoms. The topological polar surface area (TPSA) is 50.7 Å². The van der Waals surface area contributed by atoms with Gasteiger partial charge in [0.2, 0.25) is 5.91 Å². The fourth-order valence-corrected chi connectivity index (χ4v) is 3.44. The summed E-state index contributed by atoms with van der Waals surface area (Å²) < 4.78 is 5.80. The van der Waals surface area contributed by atoms with Crippen LogP contribution < -0.4 is 10.2 Å². The Labute approximate surface area is 182 Å². The predicted octanol–water partition coefficient (Wildman–Crippen LogP) is 5.27. The summed E-state index contributed by atoms with van der Waals surface area (Å²) in [5.74, 6) is 1.86. The monoisotopic (exact) mass is 418 g/mol. The van der Waals surface area contributed by atoms with Crippen molar-refractivity contribution in [2.45, 2.75) is 26.2 Å². The Kier molecular flexibility index (Phi) is 8.10. The molecule has 30 heavy (non-hydrogen) atoms. The van der Waals surface area contributed by atoms with E-state index >= 15 is 0 Å². The molecular formula is C25H26N2O2S. The lowest BCUT2D eigenvalue weighted by Gasteiger charge is -2.07. The van der Waals surface area contributed by atoms with Gasteiger partial charge in [-0.15, -0.1) is 11.8 Å². The van der Waals surface area contributed by atoms with Crippen LogP contribution in [0.4, 0.5) is 0 Å². The van der Waals surface area contributed by atoms with Crippen molar-refractivity contribution >= 4 is 23.9 Å². The van der Waals surface area contributed by atoms with E-state index in [-0.39, 0.29) is 5.91 Å². The molecule has 0 aliphatic heterocycles. The maximum atomic E-state index is 11.9. The van der Waals surface area contributed by atoms with Crippen molar-refractivity contribution in [3.05, 3.63) is 101 Å². The van der Waals surface area contributed by atoms with Gasteiger partial charge in [-0.2, -0.15) is 5.10 Å². The number of hydrazone groups is 1. The van der Waals surface area contributed by atoms with Gasteiger partial charge in [0, 0.05) is 5.75 Å². The van der Waals surface area contributed by atoms with Crippen LogP contribution in [0.15, 0.2) is 77.9 Å². The Morgan fingerprint density at radius 1 is 0.900 bits per heavy atom. The number of carbonyl (C=O) groups is 1. The molecule has 4 nitrogen and oxygen atoms in total. The predicted molar refractivity (Wildman–Crippen MR) is 125 cm³/mol. The average molecular weight is 419 g/mol. The van der Waals surface area contributed by atoms with Crippen molar-refractivity contribution < 1.29 is 9.53 Å². The van der Waals surface area contributed by atoms with E-state index in [1.165, 1.54) is 16.7 Å². The molecule has 0 fully saturated rings. The number of ether oxygens (including phenoxy) is 1. The molecule has 0 heterocycles. The lowest BCUT2D eigenvalue weighted by atomic mass is 10.2. The first-order valence-corrected chi connectivity index (χ1v) is 11.0. The molecule has 0 radical (unpaired) electrons. The van der Waals surface area contributed by atoms with Gasteiger partial charge in [0.25, 0.3) is 0 Å². The molecular weight excluding hydrogens is 392 g/mol. The third kappa shape index (κ3) is 7.41. The van der Waals surface area contributed by atoms with Crippen molar-refractivity contribution in [1.82, 2.24) is 5.43 Å². The van der Waals surface area contributed by atoms with Crippen LogP contribution in [0.5, 0.6) is 5.75 Å². The van der Waals surface area contributed by atoms with Crippen molar-refractivity contribution in [1.29, 1.82) is 0 Å². The normalized spacial score (nSPS) is 10.9. The Balaban J connectivity index is 1.37. The van der Waals surface area contributed by atoms with Crippen LogP contribution in [-0.2, 0) is 17.2 Å². The summed E-state index contributed by atoms with van der Waals surface area (Å²) in [5, 5.41) is 4.03. The van der Waals surface area contributed by atoms with Crippen LogP contribution in [0.2, 0.25) is 0 Å². The number of hydrogen-bond donors (Lipinski definition) is 1. The molecule has 0 saturated heterocycles. The molecule has 3 rings (SSSR count). The van der Waals surface area contributed by atoms with Gasteiger partial charge >= 0.3 is 0 Å². The minimum absolute atomic E-state index is 0.110. The molecule has 1 N–H and O–H groups in total. The number of nitrogens with zero attached hydrogens (tertiary/aromatic N) is 1. The van der Waals surface area contributed by atoms with Crippen LogP contribution in [-0.4, -0.2) is 17.9 Å². The lowest BCUT2D eigenvalue weighted by molar-refractivity contribution is -0.118. The lowest BCUT2D eigenvalue weighted by Crippen LogP contribution is -2.19. The molecule has 3 aromatic carbocycles. The van der Waals surface area contributed by atoms with Crippen LogP contribution in [0.3, 0.4) is 0 Å². The Morgan fingerprint density at radius 3 is 2.13 bits per heavy atom. The van der Waals surface area contributed by atoms with E-state index in [0.717, 1.165) is 22.6 Å². The summed E-state index contributed by atoms with van der Waals surface area (Å²) in [4.78, 5) is 11.9. The van der Waals surface area contributed by atoms with Crippen LogP contribution >= 0.6 is 11.8 Å². The van der Waals surface area contributed by atoms with Gasteiger partial charge in [-0.25, -0.2) is 5.43 Å². The van der Waals surface area contributed by atoms with Crippen LogP contribution in [0, 0.1) is 13.8 Å². The number of carbonyl (C=O) groups excluding carboxylic acids is 1. The van der Waals surface area contributed by atoms with E-state index < -0.39 is 0 Å². The summed E-state index contributed by atoms with van der Waals surface area (Å²) in [7, 11) is 0. The second-order valence-corrected chi connectivity index (χ2v) is 8.10. The zero-order valence-electron chi connectivity index (χ0n) is 17.3. The molecule has 5 heteroatoms. The Hall–Kier alpha value is -3.05. The van der Waals surface area contributed by atoms with E-state index in [4.69, 9.17) is 4.74 Å². The fraction of sp³-hybridized carbons (Fsp3) is 0.200. The number of benzene rings is 3. The molecule has 154 valence electrons. The smallest absolute Gasteiger partial charge is 0.250 e. The maximum absolute atomic E-state index is 11.9. The van der Waals surface area contributed by atoms with Crippen molar-refractivity contribution in [3.8, 4) is 5.75 Å². The molecule has 0 aliphatic carbocycles. The molecule has 3 aromatic rings. The molecule has 0 atom stereocenters. The summed E-state index contributed by atoms with van der Waals surface area (Å²) in [6, 6.07) is 24.2. The summed E-state index contributed by atoms with van der Waals surface area (Å²) >= 11 is 1.57. The highest BCUT2D eigenvalue weighted by Crippen LogP contribution is 2.14. The number of hydrogen-bond acceptors (Lipinski definition) is 4. The number of thioether (sulfide) groups is 1.